The molecule has 140 valence electrons. The van der Waals surface area contributed by atoms with Gasteiger partial charge in [0.15, 0.2) is 5.13 Å². The van der Waals surface area contributed by atoms with E-state index in [1.165, 1.54) is 18.2 Å². The van der Waals surface area contributed by atoms with Gasteiger partial charge in [-0.3, -0.25) is 14.9 Å². The molecule has 1 heterocycles. The van der Waals surface area contributed by atoms with Gasteiger partial charge in [0.1, 0.15) is 0 Å². The number of hydrogen-bond acceptors (Lipinski definition) is 6. The summed E-state index contributed by atoms with van der Waals surface area (Å²) in [6.07, 6.45) is -0.0400. The number of aromatic nitrogens is 1. The minimum atomic E-state index is -3.77. The van der Waals surface area contributed by atoms with E-state index in [2.05, 4.69) is 15.0 Å². The van der Waals surface area contributed by atoms with E-state index in [4.69, 9.17) is 17.3 Å². The van der Waals surface area contributed by atoms with Crippen LogP contribution < -0.4 is 15.8 Å². The van der Waals surface area contributed by atoms with E-state index in [0.29, 0.717) is 5.69 Å². The van der Waals surface area contributed by atoms with E-state index in [1.54, 1.807) is 19.2 Å². The van der Waals surface area contributed by atoms with Crippen LogP contribution >= 0.6 is 22.9 Å². The summed E-state index contributed by atoms with van der Waals surface area (Å²) in [4.78, 5) is 27.3. The molecule has 2 rings (SSSR count). The van der Waals surface area contributed by atoms with Gasteiger partial charge < -0.3 is 5.73 Å². The van der Waals surface area contributed by atoms with Crippen LogP contribution in [-0.2, 0) is 21.2 Å². The predicted octanol–water partition coefficient (Wildman–Crippen LogP) is 1.76. The number of rotatable bonds is 7. The molecule has 8 nitrogen and oxygen atoms in total. The van der Waals surface area contributed by atoms with Gasteiger partial charge in [-0.1, -0.05) is 11.6 Å². The Bertz CT molecular complexity index is 941. The number of halogens is 1. The molecule has 1 aromatic heterocycles. The van der Waals surface area contributed by atoms with Crippen molar-refractivity contribution in [3.05, 3.63) is 39.9 Å². The molecular weight excluding hydrogens is 400 g/mol. The summed E-state index contributed by atoms with van der Waals surface area (Å²) < 4.78 is 26.9. The van der Waals surface area contributed by atoms with Gasteiger partial charge in [0.2, 0.25) is 15.9 Å². The third-order valence-corrected chi connectivity index (χ3v) is 5.80. The van der Waals surface area contributed by atoms with Gasteiger partial charge >= 0.3 is 0 Å². The van der Waals surface area contributed by atoms with Crippen molar-refractivity contribution in [1.82, 2.24) is 9.71 Å². The van der Waals surface area contributed by atoms with Crippen molar-refractivity contribution >= 4 is 49.9 Å². The summed E-state index contributed by atoms with van der Waals surface area (Å²) in [6, 6.07) is 3.55. The zero-order chi connectivity index (χ0) is 19.5. The quantitative estimate of drug-likeness (QED) is 0.632. The average molecular weight is 417 g/mol. The van der Waals surface area contributed by atoms with Gasteiger partial charge in [-0.25, -0.2) is 18.1 Å². The highest BCUT2D eigenvalue weighted by atomic mass is 35.5. The highest BCUT2D eigenvalue weighted by molar-refractivity contribution is 7.89. The smallest absolute Gasteiger partial charge is 0.259 e. The van der Waals surface area contributed by atoms with Crippen LogP contribution in [0, 0.1) is 0 Å². The number of benzene rings is 1. The summed E-state index contributed by atoms with van der Waals surface area (Å²) in [6.45, 7) is 3.38. The van der Waals surface area contributed by atoms with Gasteiger partial charge in [-0.15, -0.1) is 11.3 Å². The van der Waals surface area contributed by atoms with Crippen molar-refractivity contribution in [2.75, 3.05) is 5.32 Å². The number of thiazole rings is 1. The summed E-state index contributed by atoms with van der Waals surface area (Å²) in [5.41, 5.74) is 5.52. The molecule has 0 saturated carbocycles. The molecule has 0 spiro atoms. The number of carbonyl (C=O) groups excluding carboxylic acids is 2. The van der Waals surface area contributed by atoms with E-state index in [0.717, 1.165) is 11.3 Å². The van der Waals surface area contributed by atoms with Crippen LogP contribution in [0.1, 0.15) is 29.9 Å². The molecule has 2 amide bonds. The molecule has 0 aliphatic heterocycles. The topological polar surface area (TPSA) is 131 Å². The van der Waals surface area contributed by atoms with Crippen LogP contribution in [0.5, 0.6) is 0 Å². The van der Waals surface area contributed by atoms with Crippen molar-refractivity contribution in [2.24, 2.45) is 5.73 Å². The number of sulfonamides is 1. The first-order valence-electron chi connectivity index (χ1n) is 7.44. The second-order valence-electron chi connectivity index (χ2n) is 5.66. The van der Waals surface area contributed by atoms with Crippen molar-refractivity contribution in [3.8, 4) is 0 Å². The second-order valence-corrected chi connectivity index (χ2v) is 8.64. The Morgan fingerprint density at radius 2 is 2.04 bits per heavy atom. The molecule has 0 fully saturated rings. The fourth-order valence-corrected chi connectivity index (χ4v) is 4.20. The van der Waals surface area contributed by atoms with E-state index in [-0.39, 0.29) is 33.1 Å². The molecule has 4 N–H and O–H groups in total. The molecule has 0 radical (unpaired) electrons. The van der Waals surface area contributed by atoms with Gasteiger partial charge in [-0.05, 0) is 32.0 Å². The molecule has 0 atom stereocenters. The number of nitrogens with zero attached hydrogens (tertiary/aromatic N) is 1. The summed E-state index contributed by atoms with van der Waals surface area (Å²) >= 11 is 7.15. The Balaban J connectivity index is 2.24. The standard InChI is InChI=1S/C15H17ClN4O4S2/c1-8(2)20-26(23,24)10-3-4-12(16)11(6-10)14(22)19-15-18-9(7-25-15)5-13(17)21/h3-4,6-8,20H,5H2,1-2H3,(H2,17,21)(H,18,19,22). The lowest BCUT2D eigenvalue weighted by Crippen LogP contribution is -2.30. The SMILES string of the molecule is CC(C)NS(=O)(=O)c1ccc(Cl)c(C(=O)Nc2nc(CC(N)=O)cs2)c1. The first-order chi connectivity index (χ1) is 12.1. The number of amides is 2. The molecule has 1 aromatic carbocycles. The molecule has 0 saturated heterocycles. The number of hydrogen-bond donors (Lipinski definition) is 3. The minimum Gasteiger partial charge on any atom is -0.369 e. The van der Waals surface area contributed by atoms with Crippen molar-refractivity contribution < 1.29 is 18.0 Å². The molecule has 2 aromatic rings. The Labute approximate surface area is 159 Å². The van der Waals surface area contributed by atoms with Gasteiger partial charge in [-0.2, -0.15) is 0 Å². The van der Waals surface area contributed by atoms with Gasteiger partial charge in [0.05, 0.1) is 27.6 Å². The molecule has 0 aliphatic rings. The fourth-order valence-electron chi connectivity index (χ4n) is 2.01. The first-order valence-corrected chi connectivity index (χ1v) is 10.2. The second kappa shape index (κ2) is 8.12. The molecule has 11 heteroatoms. The van der Waals surface area contributed by atoms with E-state index in [1.807, 2.05) is 0 Å². The maximum atomic E-state index is 12.4. The normalized spacial score (nSPS) is 11.5. The Morgan fingerprint density at radius 3 is 2.65 bits per heavy atom. The van der Waals surface area contributed by atoms with Crippen LogP contribution in [-0.4, -0.2) is 31.3 Å². The lowest BCUT2D eigenvalue weighted by molar-refractivity contribution is -0.117. The van der Waals surface area contributed by atoms with Crippen molar-refractivity contribution in [3.63, 3.8) is 0 Å². The van der Waals surface area contributed by atoms with Crippen LogP contribution in [0.15, 0.2) is 28.5 Å². The average Bonchev–Trinajstić information content (AvgIpc) is 2.92. The minimum absolute atomic E-state index is 0.00931. The van der Waals surface area contributed by atoms with Crippen LogP contribution in [0.3, 0.4) is 0 Å². The monoisotopic (exact) mass is 416 g/mol. The maximum Gasteiger partial charge on any atom is 0.259 e. The molecule has 0 bridgehead atoms. The van der Waals surface area contributed by atoms with Crippen molar-refractivity contribution in [2.45, 2.75) is 31.2 Å². The summed E-state index contributed by atoms with van der Waals surface area (Å²) in [7, 11) is -3.77. The number of primary amides is 1. The molecular formula is C15H17ClN4O4S2. The van der Waals surface area contributed by atoms with Crippen LogP contribution in [0.2, 0.25) is 5.02 Å². The zero-order valence-electron chi connectivity index (χ0n) is 13.9. The van der Waals surface area contributed by atoms with E-state index < -0.39 is 21.8 Å². The molecule has 0 aliphatic carbocycles. The van der Waals surface area contributed by atoms with Crippen molar-refractivity contribution in [1.29, 1.82) is 0 Å². The lowest BCUT2D eigenvalue weighted by Gasteiger charge is -2.11. The van der Waals surface area contributed by atoms with Crippen LogP contribution in [0.4, 0.5) is 5.13 Å². The van der Waals surface area contributed by atoms with Gasteiger partial charge in [0.25, 0.3) is 5.91 Å². The van der Waals surface area contributed by atoms with Crippen LogP contribution in [0.25, 0.3) is 0 Å². The Kier molecular flexibility index (Phi) is 6.34. The fraction of sp³-hybridized carbons (Fsp3) is 0.267. The maximum absolute atomic E-state index is 12.4. The van der Waals surface area contributed by atoms with Gasteiger partial charge in [0, 0.05) is 11.4 Å². The molecule has 0 unspecified atom stereocenters. The summed E-state index contributed by atoms with van der Waals surface area (Å²) in [5.74, 6) is -1.15. The number of anilines is 1. The number of nitrogens with two attached hydrogens (primary N) is 1. The Morgan fingerprint density at radius 1 is 1.35 bits per heavy atom. The third kappa shape index (κ3) is 5.24. The highest BCUT2D eigenvalue weighted by Crippen LogP contribution is 2.23. The third-order valence-electron chi connectivity index (χ3n) is 3.01. The lowest BCUT2D eigenvalue weighted by atomic mass is 10.2. The van der Waals surface area contributed by atoms with E-state index in [9.17, 15) is 18.0 Å². The van der Waals surface area contributed by atoms with E-state index >= 15 is 0 Å². The zero-order valence-corrected chi connectivity index (χ0v) is 16.3. The Hall–Kier alpha value is -2.01. The molecule has 26 heavy (non-hydrogen) atoms. The highest BCUT2D eigenvalue weighted by Gasteiger charge is 2.20. The largest absolute Gasteiger partial charge is 0.369 e. The number of carbonyl (C=O) groups is 2. The number of nitrogens with one attached hydrogen (secondary N) is 2. The first kappa shape index (κ1) is 20.3. The predicted molar refractivity (Wildman–Crippen MR) is 99.9 cm³/mol. The summed E-state index contributed by atoms with van der Waals surface area (Å²) in [5, 5.41) is 4.46.